The second-order valence-electron chi connectivity index (χ2n) is 7.61. The van der Waals surface area contributed by atoms with Gasteiger partial charge in [0.05, 0.1) is 16.0 Å². The van der Waals surface area contributed by atoms with Gasteiger partial charge < -0.3 is 4.90 Å². The molecule has 1 amide bonds. The highest BCUT2D eigenvalue weighted by Crippen LogP contribution is 2.28. The van der Waals surface area contributed by atoms with E-state index < -0.39 is 10.0 Å². The number of fused-ring (bicyclic) bond motifs is 1. The van der Waals surface area contributed by atoms with Crippen LogP contribution >= 0.6 is 23.1 Å². The first-order valence-corrected chi connectivity index (χ1v) is 13.4. The molecule has 3 heterocycles. The van der Waals surface area contributed by atoms with E-state index in [2.05, 4.69) is 4.98 Å². The summed E-state index contributed by atoms with van der Waals surface area (Å²) in [7, 11) is -1.89. The van der Waals surface area contributed by atoms with E-state index in [-0.39, 0.29) is 35.2 Å². The van der Waals surface area contributed by atoms with Crippen LogP contribution in [0.1, 0.15) is 10.4 Å². The number of hydrogen-bond acceptors (Lipinski definition) is 7. The largest absolute Gasteiger partial charge is 0.339 e. The summed E-state index contributed by atoms with van der Waals surface area (Å²) in [6.45, 7) is 5.06. The maximum absolute atomic E-state index is 12.8. The fraction of sp³-hybridized carbons (Fsp3) is 0.381. The molecule has 8 nitrogen and oxygen atoms in total. The predicted molar refractivity (Wildman–Crippen MR) is 127 cm³/mol. The van der Waals surface area contributed by atoms with Gasteiger partial charge in [0, 0.05) is 38.1 Å². The number of thiophene rings is 1. The molecule has 0 saturated carbocycles. The molecule has 1 aliphatic rings. The summed E-state index contributed by atoms with van der Waals surface area (Å²) in [5.74, 6) is 0.0419. The van der Waals surface area contributed by atoms with Gasteiger partial charge in [-0.3, -0.25) is 14.2 Å². The minimum atomic E-state index is -3.56. The zero-order chi connectivity index (χ0) is 23.0. The Kier molecular flexibility index (Phi) is 6.44. The van der Waals surface area contributed by atoms with Crippen LogP contribution in [0.5, 0.6) is 0 Å². The molecule has 0 radical (unpaired) electrons. The summed E-state index contributed by atoms with van der Waals surface area (Å²) in [5.41, 5.74) is 0.848. The molecular weight excluding hydrogens is 468 g/mol. The number of piperazine rings is 1. The molecule has 170 valence electrons. The average molecular weight is 493 g/mol. The third-order valence-electron chi connectivity index (χ3n) is 5.67. The van der Waals surface area contributed by atoms with E-state index in [0.29, 0.717) is 28.5 Å². The van der Waals surface area contributed by atoms with Crippen molar-refractivity contribution < 1.29 is 13.2 Å². The van der Waals surface area contributed by atoms with E-state index >= 15 is 0 Å². The maximum atomic E-state index is 12.8. The molecule has 0 N–H and O–H groups in total. The Balaban J connectivity index is 1.40. The van der Waals surface area contributed by atoms with E-state index in [0.717, 1.165) is 10.4 Å². The highest BCUT2D eigenvalue weighted by molar-refractivity contribution is 7.99. The minimum absolute atomic E-state index is 0.0976. The van der Waals surface area contributed by atoms with Crippen molar-refractivity contribution >= 4 is 49.2 Å². The lowest BCUT2D eigenvalue weighted by Crippen LogP contribution is -2.51. The fourth-order valence-electron chi connectivity index (χ4n) is 3.62. The van der Waals surface area contributed by atoms with Gasteiger partial charge in [-0.05, 0) is 31.5 Å². The number of benzene rings is 1. The van der Waals surface area contributed by atoms with Crippen LogP contribution in [0.25, 0.3) is 10.2 Å². The van der Waals surface area contributed by atoms with Gasteiger partial charge in [0.2, 0.25) is 15.9 Å². The monoisotopic (exact) mass is 492 g/mol. The Morgan fingerprint density at radius 1 is 1.12 bits per heavy atom. The van der Waals surface area contributed by atoms with Crippen LogP contribution in [0, 0.1) is 13.8 Å². The first-order chi connectivity index (χ1) is 15.2. The zero-order valence-corrected chi connectivity index (χ0v) is 20.5. The Morgan fingerprint density at radius 2 is 1.78 bits per heavy atom. The second kappa shape index (κ2) is 8.97. The van der Waals surface area contributed by atoms with Crippen molar-refractivity contribution in [1.29, 1.82) is 0 Å². The molecule has 11 heteroatoms. The molecule has 0 bridgehead atoms. The number of sulfonamides is 1. The van der Waals surface area contributed by atoms with Crippen molar-refractivity contribution in [2.24, 2.45) is 7.05 Å². The number of carbonyl (C=O) groups excluding carboxylic acids is 1. The quantitative estimate of drug-likeness (QED) is 0.401. The Morgan fingerprint density at radius 3 is 2.44 bits per heavy atom. The van der Waals surface area contributed by atoms with Crippen LogP contribution in [-0.2, 0) is 21.9 Å². The second-order valence-corrected chi connectivity index (χ2v) is 11.7. The number of thioether (sulfide) groups is 1. The van der Waals surface area contributed by atoms with Gasteiger partial charge in [-0.2, -0.15) is 4.31 Å². The summed E-state index contributed by atoms with van der Waals surface area (Å²) < 4.78 is 28.4. The lowest BCUT2D eigenvalue weighted by molar-refractivity contribution is -0.129. The molecular formula is C21H24N4O4S3. The first kappa shape index (κ1) is 23.0. The van der Waals surface area contributed by atoms with Crippen molar-refractivity contribution in [3.05, 3.63) is 51.1 Å². The van der Waals surface area contributed by atoms with E-state index in [1.807, 2.05) is 13.8 Å². The number of aryl methyl sites for hydroxylation is 2. The van der Waals surface area contributed by atoms with Crippen molar-refractivity contribution in [3.8, 4) is 0 Å². The van der Waals surface area contributed by atoms with E-state index in [4.69, 9.17) is 0 Å². The molecule has 0 spiro atoms. The maximum Gasteiger partial charge on any atom is 0.262 e. The molecule has 1 aromatic carbocycles. The summed E-state index contributed by atoms with van der Waals surface area (Å²) in [6, 6.07) is 8.32. The Hall–Kier alpha value is -2.21. The van der Waals surface area contributed by atoms with Crippen molar-refractivity contribution in [1.82, 2.24) is 18.8 Å². The lowest BCUT2D eigenvalue weighted by atomic mass is 10.2. The van der Waals surface area contributed by atoms with Crippen LogP contribution in [0.3, 0.4) is 0 Å². The van der Waals surface area contributed by atoms with Gasteiger partial charge in [0.1, 0.15) is 4.83 Å². The first-order valence-electron chi connectivity index (χ1n) is 10.1. The minimum Gasteiger partial charge on any atom is -0.339 e. The lowest BCUT2D eigenvalue weighted by Gasteiger charge is -2.34. The SMILES string of the molecule is Cc1sc2nc(SCC(=O)N3CCN(S(=O)(=O)c4ccccc4)CC3)n(C)c(=O)c2c1C. The van der Waals surface area contributed by atoms with Gasteiger partial charge in [-0.1, -0.05) is 30.0 Å². The highest BCUT2D eigenvalue weighted by Gasteiger charge is 2.30. The molecule has 2 aromatic heterocycles. The molecule has 1 aliphatic heterocycles. The molecule has 4 rings (SSSR count). The topological polar surface area (TPSA) is 92.6 Å². The normalized spacial score (nSPS) is 15.4. The molecule has 1 fully saturated rings. The number of carbonyl (C=O) groups is 1. The van der Waals surface area contributed by atoms with Gasteiger partial charge in [-0.15, -0.1) is 11.3 Å². The smallest absolute Gasteiger partial charge is 0.262 e. The number of amides is 1. The average Bonchev–Trinajstić information content (AvgIpc) is 3.09. The standard InChI is InChI=1S/C21H24N4O4S3/c1-14-15(2)31-19-18(14)20(27)23(3)21(22-19)30-13-17(26)24-9-11-25(12-10-24)32(28,29)16-7-5-4-6-8-16/h4-8H,9-13H2,1-3H3. The summed E-state index contributed by atoms with van der Waals surface area (Å²) in [5, 5.41) is 1.14. The molecule has 32 heavy (non-hydrogen) atoms. The van der Waals surface area contributed by atoms with Gasteiger partial charge >= 0.3 is 0 Å². The zero-order valence-electron chi connectivity index (χ0n) is 18.1. The third kappa shape index (κ3) is 4.21. The van der Waals surface area contributed by atoms with Crippen LogP contribution in [-0.4, -0.2) is 65.0 Å². The molecule has 3 aromatic rings. The molecule has 0 aliphatic carbocycles. The number of aromatic nitrogens is 2. The molecule has 1 saturated heterocycles. The van der Waals surface area contributed by atoms with Crippen LogP contribution in [0.4, 0.5) is 0 Å². The van der Waals surface area contributed by atoms with Crippen molar-refractivity contribution in [2.45, 2.75) is 23.9 Å². The fourth-order valence-corrected chi connectivity index (χ4v) is 7.01. The number of hydrogen-bond donors (Lipinski definition) is 0. The van der Waals surface area contributed by atoms with Gasteiger partial charge in [0.15, 0.2) is 5.16 Å². The van der Waals surface area contributed by atoms with Crippen molar-refractivity contribution in [2.75, 3.05) is 31.9 Å². The van der Waals surface area contributed by atoms with Crippen LogP contribution < -0.4 is 5.56 Å². The molecule has 0 atom stereocenters. The van der Waals surface area contributed by atoms with Crippen LogP contribution in [0.15, 0.2) is 45.2 Å². The highest BCUT2D eigenvalue weighted by atomic mass is 32.2. The Labute approximate surface area is 194 Å². The van der Waals surface area contributed by atoms with Crippen molar-refractivity contribution in [3.63, 3.8) is 0 Å². The summed E-state index contributed by atoms with van der Waals surface area (Å²) in [6.07, 6.45) is 0. The summed E-state index contributed by atoms with van der Waals surface area (Å²) >= 11 is 2.71. The van der Waals surface area contributed by atoms with E-state index in [9.17, 15) is 18.0 Å². The predicted octanol–water partition coefficient (Wildman–Crippen LogP) is 2.24. The van der Waals surface area contributed by atoms with Gasteiger partial charge in [-0.25, -0.2) is 13.4 Å². The Bertz CT molecular complexity index is 1320. The van der Waals surface area contributed by atoms with E-state index in [1.54, 1.807) is 42.3 Å². The number of rotatable bonds is 5. The van der Waals surface area contributed by atoms with Crippen LogP contribution in [0.2, 0.25) is 0 Å². The third-order valence-corrected chi connectivity index (χ3v) is 9.70. The van der Waals surface area contributed by atoms with E-state index in [1.165, 1.54) is 32.0 Å². The summed E-state index contributed by atoms with van der Waals surface area (Å²) in [4.78, 5) is 33.8. The molecule has 0 unspecified atom stereocenters. The van der Waals surface area contributed by atoms with Gasteiger partial charge in [0.25, 0.3) is 5.56 Å². The number of nitrogens with zero attached hydrogens (tertiary/aromatic N) is 4.